The van der Waals surface area contributed by atoms with E-state index in [-0.39, 0.29) is 11.6 Å². The van der Waals surface area contributed by atoms with Crippen LogP contribution in [0.1, 0.15) is 59.4 Å². The first-order chi connectivity index (χ1) is 17.8. The molecule has 2 aliphatic heterocycles. The summed E-state index contributed by atoms with van der Waals surface area (Å²) < 4.78 is 6.31. The number of hydrogen-bond acceptors (Lipinski definition) is 6. The van der Waals surface area contributed by atoms with E-state index in [1.807, 2.05) is 31.2 Å². The van der Waals surface area contributed by atoms with Gasteiger partial charge in [-0.15, -0.1) is 0 Å². The van der Waals surface area contributed by atoms with E-state index >= 15 is 0 Å². The van der Waals surface area contributed by atoms with Gasteiger partial charge in [-0.3, -0.25) is 9.59 Å². The molecule has 6 heteroatoms. The monoisotopic (exact) mass is 495 g/mol. The first-order valence-electron chi connectivity index (χ1n) is 13.3. The Kier molecular flexibility index (Phi) is 5.87. The van der Waals surface area contributed by atoms with E-state index in [4.69, 9.17) is 9.73 Å². The van der Waals surface area contributed by atoms with Crippen LogP contribution in [0.3, 0.4) is 0 Å². The molecule has 1 saturated heterocycles. The molecule has 2 heterocycles. The van der Waals surface area contributed by atoms with Crippen LogP contribution in [0.2, 0.25) is 0 Å². The number of nitrogens with one attached hydrogen (secondary N) is 1. The highest BCUT2D eigenvalue weighted by Crippen LogP contribution is 2.41. The molecule has 1 fully saturated rings. The number of aryl methyl sites for hydroxylation is 1. The second-order valence-corrected chi connectivity index (χ2v) is 11.4. The predicted octanol–water partition coefficient (Wildman–Crippen LogP) is 5.20. The van der Waals surface area contributed by atoms with Gasteiger partial charge in [0.1, 0.15) is 11.4 Å². The molecule has 6 rings (SSSR count). The van der Waals surface area contributed by atoms with Gasteiger partial charge in [0.25, 0.3) is 0 Å². The number of rotatable bonds is 5. The van der Waals surface area contributed by atoms with Crippen molar-refractivity contribution in [3.05, 3.63) is 82.1 Å². The standard InChI is InChI=1S/C31H33N3O3/c1-19-10-11-24-22(16-19)33-28-25(37-24)17-23(32-13-7-15-34-14-6-12-31(2,3)18-34)26-27(28)30(36)21-9-5-4-8-20(21)29(26)35/h4-5,8-11,16-17,25,32H,6-7,12-15,18H2,1-3H3. The Morgan fingerprint density at radius 1 is 1.08 bits per heavy atom. The summed E-state index contributed by atoms with van der Waals surface area (Å²) in [5.74, 6) is 0.371. The molecule has 0 saturated carbocycles. The average molecular weight is 496 g/mol. The molecule has 0 bridgehead atoms. The Hall–Kier alpha value is -3.51. The average Bonchev–Trinajstić information content (AvgIpc) is 2.87. The Balaban J connectivity index is 1.31. The minimum absolute atomic E-state index is 0.141. The Morgan fingerprint density at radius 3 is 2.59 bits per heavy atom. The smallest absolute Gasteiger partial charge is 0.196 e. The minimum Gasteiger partial charge on any atom is -0.478 e. The van der Waals surface area contributed by atoms with Crippen molar-refractivity contribution in [2.75, 3.05) is 26.2 Å². The first-order valence-corrected chi connectivity index (χ1v) is 13.3. The van der Waals surface area contributed by atoms with Crippen LogP contribution in [-0.4, -0.2) is 54.5 Å². The first kappa shape index (κ1) is 23.9. The largest absolute Gasteiger partial charge is 0.478 e. The molecule has 37 heavy (non-hydrogen) atoms. The number of benzene rings is 2. The van der Waals surface area contributed by atoms with Gasteiger partial charge in [0, 0.05) is 29.9 Å². The fourth-order valence-corrected chi connectivity index (χ4v) is 6.03. The van der Waals surface area contributed by atoms with Crippen molar-refractivity contribution in [2.24, 2.45) is 10.4 Å². The van der Waals surface area contributed by atoms with Crippen molar-refractivity contribution < 1.29 is 14.3 Å². The lowest BCUT2D eigenvalue weighted by molar-refractivity contribution is 0.0978. The number of hydrogen-bond donors (Lipinski definition) is 1. The van der Waals surface area contributed by atoms with E-state index in [1.54, 1.807) is 24.3 Å². The number of fused-ring (bicyclic) bond motifs is 4. The van der Waals surface area contributed by atoms with Crippen LogP contribution in [0.5, 0.6) is 5.75 Å². The summed E-state index contributed by atoms with van der Waals surface area (Å²) in [6, 6.07) is 12.9. The van der Waals surface area contributed by atoms with Gasteiger partial charge in [0.05, 0.1) is 16.9 Å². The maximum absolute atomic E-state index is 13.8. The molecule has 2 aromatic carbocycles. The summed E-state index contributed by atoms with van der Waals surface area (Å²) >= 11 is 0. The van der Waals surface area contributed by atoms with Crippen molar-refractivity contribution in [1.29, 1.82) is 0 Å². The summed E-state index contributed by atoms with van der Waals surface area (Å²) in [5.41, 5.74) is 4.94. The van der Waals surface area contributed by atoms with E-state index in [2.05, 4.69) is 24.1 Å². The summed E-state index contributed by atoms with van der Waals surface area (Å²) in [6.45, 7) is 10.6. The second-order valence-electron chi connectivity index (χ2n) is 11.4. The van der Waals surface area contributed by atoms with Crippen LogP contribution in [0, 0.1) is 12.3 Å². The molecule has 1 atom stereocenters. The van der Waals surface area contributed by atoms with E-state index in [9.17, 15) is 9.59 Å². The Morgan fingerprint density at radius 2 is 1.84 bits per heavy atom. The molecule has 6 nitrogen and oxygen atoms in total. The molecule has 190 valence electrons. The maximum atomic E-state index is 13.8. The van der Waals surface area contributed by atoms with Gasteiger partial charge in [-0.1, -0.05) is 44.2 Å². The number of aliphatic imine (C=N–C) groups is 1. The second kappa shape index (κ2) is 9.10. The lowest BCUT2D eigenvalue weighted by Crippen LogP contribution is -2.42. The fraction of sp³-hybridized carbons (Fsp3) is 0.387. The van der Waals surface area contributed by atoms with E-state index in [0.29, 0.717) is 57.1 Å². The van der Waals surface area contributed by atoms with Crippen molar-refractivity contribution in [3.63, 3.8) is 0 Å². The number of Topliss-reactive ketones (excluding diaryl/α,β-unsaturated/α-hetero) is 2. The van der Waals surface area contributed by atoms with Crippen LogP contribution < -0.4 is 10.1 Å². The topological polar surface area (TPSA) is 71.0 Å². The molecule has 2 aliphatic carbocycles. The third-order valence-electron chi connectivity index (χ3n) is 7.79. The third kappa shape index (κ3) is 4.33. The SMILES string of the molecule is Cc1ccc2c(c1)N=C1C3=C(C(=O)c4ccccc4C3=O)C(NCCCN3CCCC(C)(C)C3)=CC1O2. The van der Waals surface area contributed by atoms with E-state index < -0.39 is 6.10 Å². The van der Waals surface area contributed by atoms with Crippen molar-refractivity contribution in [3.8, 4) is 5.75 Å². The number of nitrogens with zero attached hydrogens (tertiary/aromatic N) is 2. The number of piperidine rings is 1. The minimum atomic E-state index is -0.527. The molecule has 0 radical (unpaired) electrons. The van der Waals surface area contributed by atoms with Gasteiger partial charge >= 0.3 is 0 Å². The number of allylic oxidation sites excluding steroid dienone is 1. The molecular formula is C31H33N3O3. The molecule has 4 aliphatic rings. The summed E-state index contributed by atoms with van der Waals surface area (Å²) in [4.78, 5) is 34.9. The molecule has 0 amide bonds. The summed E-state index contributed by atoms with van der Waals surface area (Å²) in [6.07, 6.45) is 4.85. The van der Waals surface area contributed by atoms with Crippen molar-refractivity contribution >= 4 is 23.0 Å². The van der Waals surface area contributed by atoms with E-state index in [1.165, 1.54) is 12.8 Å². The lowest BCUT2D eigenvalue weighted by atomic mass is 9.76. The van der Waals surface area contributed by atoms with Crippen LogP contribution >= 0.6 is 0 Å². The van der Waals surface area contributed by atoms with Crippen molar-refractivity contribution in [1.82, 2.24) is 10.2 Å². The highest BCUT2D eigenvalue weighted by molar-refractivity contribution is 6.40. The summed E-state index contributed by atoms with van der Waals surface area (Å²) in [5, 5.41) is 3.50. The lowest BCUT2D eigenvalue weighted by Gasteiger charge is -2.38. The summed E-state index contributed by atoms with van der Waals surface area (Å²) in [7, 11) is 0. The molecular weight excluding hydrogens is 462 g/mol. The van der Waals surface area contributed by atoms with Gasteiger partial charge in [-0.05, 0) is 68.5 Å². The Labute approximate surface area is 218 Å². The number of likely N-dealkylation sites (tertiary alicyclic amines) is 1. The zero-order valence-corrected chi connectivity index (χ0v) is 21.8. The highest BCUT2D eigenvalue weighted by atomic mass is 16.5. The van der Waals surface area contributed by atoms with Gasteiger partial charge in [0.15, 0.2) is 17.7 Å². The molecule has 0 spiro atoms. The molecule has 0 aromatic heterocycles. The number of ketones is 2. The number of ether oxygens (including phenoxy) is 1. The van der Waals surface area contributed by atoms with Gasteiger partial charge in [-0.2, -0.15) is 0 Å². The van der Waals surface area contributed by atoms with Gasteiger partial charge in [-0.25, -0.2) is 4.99 Å². The quantitative estimate of drug-likeness (QED) is 0.577. The zero-order chi connectivity index (χ0) is 25.7. The maximum Gasteiger partial charge on any atom is 0.196 e. The van der Waals surface area contributed by atoms with Gasteiger partial charge < -0.3 is 15.0 Å². The molecule has 1 unspecified atom stereocenters. The number of carbonyl (C=O) groups is 2. The zero-order valence-electron chi connectivity index (χ0n) is 21.8. The third-order valence-corrected chi connectivity index (χ3v) is 7.79. The highest BCUT2D eigenvalue weighted by Gasteiger charge is 2.43. The van der Waals surface area contributed by atoms with Crippen molar-refractivity contribution in [2.45, 2.75) is 46.1 Å². The Bertz CT molecular complexity index is 1400. The normalized spacial score (nSPS) is 22.2. The van der Waals surface area contributed by atoms with Gasteiger partial charge in [0.2, 0.25) is 0 Å². The van der Waals surface area contributed by atoms with Crippen LogP contribution in [0.4, 0.5) is 5.69 Å². The molecule has 1 N–H and O–H groups in total. The molecule has 2 aromatic rings. The predicted molar refractivity (Wildman–Crippen MR) is 145 cm³/mol. The number of carbonyl (C=O) groups excluding carboxylic acids is 2. The van der Waals surface area contributed by atoms with E-state index in [0.717, 1.165) is 31.6 Å². The van der Waals surface area contributed by atoms with Crippen LogP contribution in [0.15, 0.2) is 70.4 Å². The van der Waals surface area contributed by atoms with Crippen LogP contribution in [0.25, 0.3) is 0 Å². The fourth-order valence-electron chi connectivity index (χ4n) is 6.03. The van der Waals surface area contributed by atoms with Crippen LogP contribution in [-0.2, 0) is 0 Å².